The number of nitrogens with zero attached hydrogens (tertiary/aromatic N) is 1. The fourth-order valence-electron chi connectivity index (χ4n) is 1.72. The van der Waals surface area contributed by atoms with Crippen molar-refractivity contribution in [1.29, 1.82) is 0 Å². The molecule has 1 aromatic carbocycles. The maximum absolute atomic E-state index is 10.9. The van der Waals surface area contributed by atoms with Gasteiger partial charge in [0.1, 0.15) is 5.75 Å². The number of rotatable bonds is 4. The summed E-state index contributed by atoms with van der Waals surface area (Å²) >= 11 is 6.78. The summed E-state index contributed by atoms with van der Waals surface area (Å²) in [4.78, 5) is 10.9. The van der Waals surface area contributed by atoms with Crippen molar-refractivity contribution in [2.45, 2.75) is 6.54 Å². The Morgan fingerprint density at radius 2 is 2.11 bits per heavy atom. The Hall–Kier alpha value is -1.27. The van der Waals surface area contributed by atoms with Crippen LogP contribution in [0.2, 0.25) is 0 Å². The molecule has 19 heavy (non-hydrogen) atoms. The van der Waals surface area contributed by atoms with Gasteiger partial charge in [0.25, 0.3) is 0 Å². The van der Waals surface area contributed by atoms with Gasteiger partial charge in [-0.1, -0.05) is 6.07 Å². The van der Waals surface area contributed by atoms with Crippen LogP contribution in [0.4, 0.5) is 0 Å². The number of benzene rings is 1. The predicted molar refractivity (Wildman–Crippen MR) is 78.9 cm³/mol. The van der Waals surface area contributed by atoms with Gasteiger partial charge in [0.05, 0.1) is 21.7 Å². The van der Waals surface area contributed by atoms with Gasteiger partial charge < -0.3 is 14.4 Å². The van der Waals surface area contributed by atoms with Crippen molar-refractivity contribution in [2.75, 3.05) is 7.11 Å². The smallest absolute Gasteiger partial charge is 0.337 e. The molecule has 1 aromatic heterocycles. The van der Waals surface area contributed by atoms with E-state index in [1.807, 2.05) is 22.8 Å². The molecule has 0 amide bonds. The van der Waals surface area contributed by atoms with Gasteiger partial charge in [0.15, 0.2) is 0 Å². The molecule has 0 saturated carbocycles. The molecular formula is C13H11Br2NO3. The van der Waals surface area contributed by atoms with E-state index in [-0.39, 0.29) is 5.56 Å². The van der Waals surface area contributed by atoms with Crippen LogP contribution in [-0.2, 0) is 6.54 Å². The Kier molecular flexibility index (Phi) is 4.31. The molecule has 0 spiro atoms. The van der Waals surface area contributed by atoms with Crippen LogP contribution in [0, 0.1) is 0 Å². The molecule has 0 saturated heterocycles. The first kappa shape index (κ1) is 14.1. The first-order valence-corrected chi connectivity index (χ1v) is 7.01. The van der Waals surface area contributed by atoms with Crippen LogP contribution in [0.15, 0.2) is 39.5 Å². The lowest BCUT2D eigenvalue weighted by Gasteiger charge is -2.08. The predicted octanol–water partition coefficient (Wildman–Crippen LogP) is 3.77. The summed E-state index contributed by atoms with van der Waals surface area (Å²) in [7, 11) is 1.61. The minimum absolute atomic E-state index is 0.263. The summed E-state index contributed by atoms with van der Waals surface area (Å²) in [6, 6.07) is 7.35. The Labute approximate surface area is 127 Å². The highest BCUT2D eigenvalue weighted by Gasteiger charge is 2.10. The summed E-state index contributed by atoms with van der Waals surface area (Å²) in [5, 5.41) is 8.94. The maximum atomic E-state index is 10.9. The van der Waals surface area contributed by atoms with E-state index in [1.54, 1.807) is 19.4 Å². The molecule has 1 N–H and O–H groups in total. The van der Waals surface area contributed by atoms with E-state index < -0.39 is 5.97 Å². The molecule has 0 bridgehead atoms. The van der Waals surface area contributed by atoms with Crippen LogP contribution >= 0.6 is 31.9 Å². The molecule has 0 unspecified atom stereocenters. The first-order chi connectivity index (χ1) is 9.01. The van der Waals surface area contributed by atoms with Crippen LogP contribution < -0.4 is 4.74 Å². The first-order valence-electron chi connectivity index (χ1n) is 5.42. The standard InChI is InChI=1S/C13H11Br2NO3/c1-19-11-3-2-8(4-10(11)14)6-16-7-9(13(17)18)5-12(16)15/h2-5,7H,6H2,1H3,(H,17,18). The van der Waals surface area contributed by atoms with Gasteiger partial charge >= 0.3 is 5.97 Å². The lowest BCUT2D eigenvalue weighted by atomic mass is 10.2. The molecule has 2 rings (SSSR count). The molecule has 0 aliphatic heterocycles. The molecule has 6 heteroatoms. The fraction of sp³-hybridized carbons (Fsp3) is 0.154. The minimum atomic E-state index is -0.935. The Balaban J connectivity index is 2.26. The van der Waals surface area contributed by atoms with Crippen molar-refractivity contribution in [3.05, 3.63) is 50.7 Å². The van der Waals surface area contributed by atoms with Gasteiger partial charge in [0.2, 0.25) is 0 Å². The van der Waals surface area contributed by atoms with Gasteiger partial charge in [-0.2, -0.15) is 0 Å². The number of methoxy groups -OCH3 is 1. The lowest BCUT2D eigenvalue weighted by Crippen LogP contribution is -1.99. The largest absolute Gasteiger partial charge is 0.496 e. The second-order valence-electron chi connectivity index (χ2n) is 3.95. The number of aromatic carboxylic acids is 1. The number of carboxylic acid groups (broad SMARTS) is 1. The third kappa shape index (κ3) is 3.19. The van der Waals surface area contributed by atoms with Gasteiger partial charge in [0, 0.05) is 12.7 Å². The minimum Gasteiger partial charge on any atom is -0.496 e. The molecular weight excluding hydrogens is 378 g/mol. The molecule has 2 aromatic rings. The number of hydrogen-bond acceptors (Lipinski definition) is 2. The number of carboxylic acids is 1. The zero-order valence-corrected chi connectivity index (χ0v) is 13.2. The molecule has 0 fully saturated rings. The normalized spacial score (nSPS) is 10.5. The third-order valence-electron chi connectivity index (χ3n) is 2.66. The van der Waals surface area contributed by atoms with E-state index in [0.29, 0.717) is 6.54 Å². The third-order valence-corrected chi connectivity index (χ3v) is 3.96. The van der Waals surface area contributed by atoms with Crippen LogP contribution in [-0.4, -0.2) is 22.8 Å². The van der Waals surface area contributed by atoms with E-state index in [2.05, 4.69) is 31.9 Å². The van der Waals surface area contributed by atoms with Crippen LogP contribution in [0.3, 0.4) is 0 Å². The van der Waals surface area contributed by atoms with Crippen molar-refractivity contribution in [3.8, 4) is 5.75 Å². The molecule has 0 radical (unpaired) electrons. The summed E-state index contributed by atoms with van der Waals surface area (Å²) in [6.07, 6.45) is 1.60. The van der Waals surface area contributed by atoms with Gasteiger partial charge in [-0.05, 0) is 55.6 Å². The van der Waals surface area contributed by atoms with Crippen molar-refractivity contribution >= 4 is 37.8 Å². The van der Waals surface area contributed by atoms with E-state index >= 15 is 0 Å². The zero-order valence-electron chi connectivity index (χ0n) is 10.1. The second-order valence-corrected chi connectivity index (χ2v) is 5.62. The Morgan fingerprint density at radius 1 is 1.37 bits per heavy atom. The van der Waals surface area contributed by atoms with E-state index in [0.717, 1.165) is 20.4 Å². The van der Waals surface area contributed by atoms with Crippen LogP contribution in [0.5, 0.6) is 5.75 Å². The zero-order chi connectivity index (χ0) is 14.0. The van der Waals surface area contributed by atoms with Crippen molar-refractivity contribution < 1.29 is 14.6 Å². The summed E-state index contributed by atoms with van der Waals surface area (Å²) < 4.78 is 8.60. The quantitative estimate of drug-likeness (QED) is 0.867. The highest BCUT2D eigenvalue weighted by Crippen LogP contribution is 2.26. The van der Waals surface area contributed by atoms with Gasteiger partial charge in [-0.3, -0.25) is 0 Å². The highest BCUT2D eigenvalue weighted by molar-refractivity contribution is 9.10. The second kappa shape index (κ2) is 5.79. The van der Waals surface area contributed by atoms with Crippen molar-refractivity contribution in [3.63, 3.8) is 0 Å². The maximum Gasteiger partial charge on any atom is 0.337 e. The molecule has 100 valence electrons. The number of hydrogen-bond donors (Lipinski definition) is 1. The summed E-state index contributed by atoms with van der Waals surface area (Å²) in [5.74, 6) is -0.170. The topological polar surface area (TPSA) is 51.5 Å². The summed E-state index contributed by atoms with van der Waals surface area (Å²) in [6.45, 7) is 0.580. The van der Waals surface area contributed by atoms with Crippen molar-refractivity contribution in [2.24, 2.45) is 0 Å². The molecule has 4 nitrogen and oxygen atoms in total. The molecule has 0 aliphatic rings. The SMILES string of the molecule is COc1ccc(Cn2cc(C(=O)O)cc2Br)cc1Br. The highest BCUT2D eigenvalue weighted by atomic mass is 79.9. The van der Waals surface area contributed by atoms with Crippen LogP contribution in [0.1, 0.15) is 15.9 Å². The monoisotopic (exact) mass is 387 g/mol. The van der Waals surface area contributed by atoms with E-state index in [9.17, 15) is 4.79 Å². The Bertz CT molecular complexity index is 622. The van der Waals surface area contributed by atoms with Gasteiger partial charge in [-0.15, -0.1) is 0 Å². The van der Waals surface area contributed by atoms with Gasteiger partial charge in [-0.25, -0.2) is 4.79 Å². The molecule has 1 heterocycles. The Morgan fingerprint density at radius 3 is 2.63 bits per heavy atom. The summed E-state index contributed by atoms with van der Waals surface area (Å²) in [5.41, 5.74) is 1.31. The number of ether oxygens (including phenoxy) is 1. The van der Waals surface area contributed by atoms with Crippen molar-refractivity contribution in [1.82, 2.24) is 4.57 Å². The van der Waals surface area contributed by atoms with Crippen LogP contribution in [0.25, 0.3) is 0 Å². The average Bonchev–Trinajstić information content (AvgIpc) is 2.71. The average molecular weight is 389 g/mol. The molecule has 0 aliphatic carbocycles. The number of carbonyl (C=O) groups is 1. The number of aromatic nitrogens is 1. The lowest BCUT2D eigenvalue weighted by molar-refractivity contribution is 0.0697. The molecule has 0 atom stereocenters. The fourth-order valence-corrected chi connectivity index (χ4v) is 2.78. The number of halogens is 2. The van der Waals surface area contributed by atoms with E-state index in [1.165, 1.54) is 0 Å². The van der Waals surface area contributed by atoms with E-state index in [4.69, 9.17) is 9.84 Å².